The number of rotatable bonds is 2. The van der Waals surface area contributed by atoms with E-state index in [2.05, 4.69) is 6.58 Å². The predicted octanol–water partition coefficient (Wildman–Crippen LogP) is 4.14. The van der Waals surface area contributed by atoms with Gasteiger partial charge in [-0.1, -0.05) is 55.1 Å². The molecular formula is C14H11F. The maximum Gasteiger partial charge on any atom is 0.131 e. The highest BCUT2D eigenvalue weighted by atomic mass is 19.1. The Kier molecular flexibility index (Phi) is 2.64. The third kappa shape index (κ3) is 1.96. The molecule has 0 fully saturated rings. The topological polar surface area (TPSA) is 0 Å². The van der Waals surface area contributed by atoms with E-state index in [1.54, 1.807) is 18.2 Å². The van der Waals surface area contributed by atoms with E-state index in [0.29, 0.717) is 5.56 Å². The van der Waals surface area contributed by atoms with Crippen LogP contribution in [0.5, 0.6) is 0 Å². The van der Waals surface area contributed by atoms with Crippen LogP contribution >= 0.6 is 0 Å². The lowest BCUT2D eigenvalue weighted by atomic mass is 10.0. The second-order valence-electron chi connectivity index (χ2n) is 3.31. The van der Waals surface area contributed by atoms with E-state index in [-0.39, 0.29) is 5.82 Å². The smallest absolute Gasteiger partial charge is 0.131 e. The molecule has 0 saturated carbocycles. The van der Waals surface area contributed by atoms with Crippen LogP contribution in [0.15, 0.2) is 55.1 Å². The zero-order chi connectivity index (χ0) is 10.7. The molecule has 0 aromatic heterocycles. The standard InChI is InChI=1S/C14H11F/c1-2-11-7-9-12(10-8-11)13-5-3-4-6-14(13)15/h2-10H,1H2. The van der Waals surface area contributed by atoms with Gasteiger partial charge in [0, 0.05) is 5.56 Å². The third-order valence-electron chi connectivity index (χ3n) is 2.33. The minimum atomic E-state index is -0.191. The monoisotopic (exact) mass is 198 g/mol. The van der Waals surface area contributed by atoms with E-state index in [0.717, 1.165) is 11.1 Å². The Bertz CT molecular complexity index is 469. The SMILES string of the molecule is C=Cc1ccc(-c2ccccc2F)cc1. The van der Waals surface area contributed by atoms with E-state index < -0.39 is 0 Å². The first kappa shape index (κ1) is 9.66. The van der Waals surface area contributed by atoms with Gasteiger partial charge >= 0.3 is 0 Å². The fraction of sp³-hybridized carbons (Fsp3) is 0. The molecule has 0 amide bonds. The normalized spacial score (nSPS) is 9.93. The van der Waals surface area contributed by atoms with Gasteiger partial charge in [0.2, 0.25) is 0 Å². The molecule has 1 heteroatoms. The first-order valence-electron chi connectivity index (χ1n) is 4.78. The highest BCUT2D eigenvalue weighted by molar-refractivity contribution is 5.65. The van der Waals surface area contributed by atoms with E-state index in [1.165, 1.54) is 6.07 Å². The van der Waals surface area contributed by atoms with Crippen molar-refractivity contribution >= 4 is 6.08 Å². The van der Waals surface area contributed by atoms with Gasteiger partial charge in [-0.3, -0.25) is 0 Å². The lowest BCUT2D eigenvalue weighted by Gasteiger charge is -2.03. The van der Waals surface area contributed by atoms with Gasteiger partial charge in [0.05, 0.1) is 0 Å². The van der Waals surface area contributed by atoms with Gasteiger partial charge in [-0.05, 0) is 17.2 Å². The molecule has 0 spiro atoms. The first-order chi connectivity index (χ1) is 7.31. The number of hydrogen-bond donors (Lipinski definition) is 0. The van der Waals surface area contributed by atoms with E-state index in [4.69, 9.17) is 0 Å². The van der Waals surface area contributed by atoms with Crippen molar-refractivity contribution in [3.63, 3.8) is 0 Å². The van der Waals surface area contributed by atoms with Gasteiger partial charge in [0.25, 0.3) is 0 Å². The van der Waals surface area contributed by atoms with Crippen molar-refractivity contribution in [2.24, 2.45) is 0 Å². The number of halogens is 1. The Balaban J connectivity index is 2.46. The molecule has 0 unspecified atom stereocenters. The van der Waals surface area contributed by atoms with E-state index in [1.807, 2.05) is 30.3 Å². The molecule has 15 heavy (non-hydrogen) atoms. The zero-order valence-corrected chi connectivity index (χ0v) is 8.28. The summed E-state index contributed by atoms with van der Waals surface area (Å²) in [7, 11) is 0. The summed E-state index contributed by atoms with van der Waals surface area (Å²) in [6, 6.07) is 14.4. The van der Waals surface area contributed by atoms with Crippen LogP contribution < -0.4 is 0 Å². The van der Waals surface area contributed by atoms with Crippen LogP contribution in [-0.4, -0.2) is 0 Å². The van der Waals surface area contributed by atoms with Gasteiger partial charge in [-0.15, -0.1) is 0 Å². The predicted molar refractivity (Wildman–Crippen MR) is 61.9 cm³/mol. The molecule has 74 valence electrons. The molecule has 2 aromatic rings. The third-order valence-corrected chi connectivity index (χ3v) is 2.33. The molecule has 0 aliphatic rings. The van der Waals surface area contributed by atoms with Crippen molar-refractivity contribution in [3.05, 3.63) is 66.5 Å². The molecule has 0 nitrogen and oxygen atoms in total. The summed E-state index contributed by atoms with van der Waals surface area (Å²) in [4.78, 5) is 0. The summed E-state index contributed by atoms with van der Waals surface area (Å²) in [5, 5.41) is 0. The summed E-state index contributed by atoms with van der Waals surface area (Å²) in [6.45, 7) is 3.68. The summed E-state index contributed by atoms with van der Waals surface area (Å²) >= 11 is 0. The maximum atomic E-state index is 13.4. The molecule has 0 heterocycles. The summed E-state index contributed by atoms with van der Waals surface area (Å²) in [6.07, 6.45) is 1.77. The minimum Gasteiger partial charge on any atom is -0.206 e. The molecule has 0 bridgehead atoms. The fourth-order valence-electron chi connectivity index (χ4n) is 1.49. The van der Waals surface area contributed by atoms with Gasteiger partial charge in [0.1, 0.15) is 5.82 Å². The molecule has 0 atom stereocenters. The fourth-order valence-corrected chi connectivity index (χ4v) is 1.49. The maximum absolute atomic E-state index is 13.4. The first-order valence-corrected chi connectivity index (χ1v) is 4.78. The highest BCUT2D eigenvalue weighted by Crippen LogP contribution is 2.22. The molecule has 0 saturated heterocycles. The Morgan fingerprint density at radius 2 is 1.60 bits per heavy atom. The average Bonchev–Trinajstić information content (AvgIpc) is 2.30. The van der Waals surface area contributed by atoms with Crippen LogP contribution in [0.3, 0.4) is 0 Å². The molecule has 0 N–H and O–H groups in total. The van der Waals surface area contributed by atoms with Gasteiger partial charge in [-0.2, -0.15) is 0 Å². The van der Waals surface area contributed by atoms with Crippen molar-refractivity contribution in [2.75, 3.05) is 0 Å². The van der Waals surface area contributed by atoms with Crippen molar-refractivity contribution in [1.82, 2.24) is 0 Å². The molecule has 2 rings (SSSR count). The Labute approximate surface area is 88.7 Å². The second-order valence-corrected chi connectivity index (χ2v) is 3.31. The minimum absolute atomic E-state index is 0.191. The quantitative estimate of drug-likeness (QED) is 0.680. The molecular weight excluding hydrogens is 187 g/mol. The molecule has 0 radical (unpaired) electrons. The van der Waals surface area contributed by atoms with E-state index >= 15 is 0 Å². The largest absolute Gasteiger partial charge is 0.206 e. The van der Waals surface area contributed by atoms with Gasteiger partial charge in [0.15, 0.2) is 0 Å². The Morgan fingerprint density at radius 3 is 2.20 bits per heavy atom. The van der Waals surface area contributed by atoms with Gasteiger partial charge < -0.3 is 0 Å². The van der Waals surface area contributed by atoms with Crippen molar-refractivity contribution in [1.29, 1.82) is 0 Å². The number of hydrogen-bond acceptors (Lipinski definition) is 0. The summed E-state index contributed by atoms with van der Waals surface area (Å²) < 4.78 is 13.4. The van der Waals surface area contributed by atoms with Crippen molar-refractivity contribution in [2.45, 2.75) is 0 Å². The van der Waals surface area contributed by atoms with Crippen LogP contribution in [0, 0.1) is 5.82 Å². The number of benzene rings is 2. The van der Waals surface area contributed by atoms with Gasteiger partial charge in [-0.25, -0.2) is 4.39 Å². The Hall–Kier alpha value is -1.89. The van der Waals surface area contributed by atoms with Crippen molar-refractivity contribution < 1.29 is 4.39 Å². The van der Waals surface area contributed by atoms with Crippen LogP contribution in [0.25, 0.3) is 17.2 Å². The molecule has 2 aromatic carbocycles. The van der Waals surface area contributed by atoms with Crippen molar-refractivity contribution in [3.8, 4) is 11.1 Å². The zero-order valence-electron chi connectivity index (χ0n) is 8.28. The van der Waals surface area contributed by atoms with E-state index in [9.17, 15) is 4.39 Å². The lowest BCUT2D eigenvalue weighted by Crippen LogP contribution is -1.83. The second kappa shape index (κ2) is 4.09. The highest BCUT2D eigenvalue weighted by Gasteiger charge is 2.02. The molecule has 0 aliphatic heterocycles. The Morgan fingerprint density at radius 1 is 0.933 bits per heavy atom. The lowest BCUT2D eigenvalue weighted by molar-refractivity contribution is 0.631. The summed E-state index contributed by atoms with van der Waals surface area (Å²) in [5.41, 5.74) is 2.56. The molecule has 0 aliphatic carbocycles. The average molecular weight is 198 g/mol. The summed E-state index contributed by atoms with van der Waals surface area (Å²) in [5.74, 6) is -0.191. The van der Waals surface area contributed by atoms with Crippen LogP contribution in [0.2, 0.25) is 0 Å². The van der Waals surface area contributed by atoms with Crippen LogP contribution in [-0.2, 0) is 0 Å². The van der Waals surface area contributed by atoms with Crippen LogP contribution in [0.1, 0.15) is 5.56 Å². The van der Waals surface area contributed by atoms with Crippen LogP contribution in [0.4, 0.5) is 4.39 Å².